The lowest BCUT2D eigenvalue weighted by Crippen LogP contribution is -2.24. The summed E-state index contributed by atoms with van der Waals surface area (Å²) < 4.78 is 22.9. The van der Waals surface area contributed by atoms with Crippen LogP contribution in [0.5, 0.6) is 23.0 Å². The number of anilines is 1. The van der Waals surface area contributed by atoms with Gasteiger partial charge in [0, 0.05) is 29.7 Å². The van der Waals surface area contributed by atoms with Gasteiger partial charge < -0.3 is 24.3 Å². The van der Waals surface area contributed by atoms with Crippen LogP contribution in [-0.2, 0) is 4.79 Å². The summed E-state index contributed by atoms with van der Waals surface area (Å²) in [5, 5.41) is 2.96. The second-order valence-corrected chi connectivity index (χ2v) is 6.37. The second kappa shape index (κ2) is 8.87. The molecular weight excluding hydrogens is 358 g/mol. The molecule has 1 amide bonds. The van der Waals surface area contributed by atoms with Crippen molar-refractivity contribution in [3.8, 4) is 23.0 Å². The van der Waals surface area contributed by atoms with Crippen LogP contribution in [0.15, 0.2) is 30.3 Å². The first kappa shape index (κ1) is 19.9. The first-order valence-electron chi connectivity index (χ1n) is 9.65. The molecule has 0 saturated carbocycles. The summed E-state index contributed by atoms with van der Waals surface area (Å²) in [5.41, 5.74) is 2.63. The Labute approximate surface area is 165 Å². The molecule has 0 saturated heterocycles. The largest absolute Gasteiger partial charge is 0.493 e. The molecule has 0 aliphatic carbocycles. The molecule has 2 aromatic carbocycles. The molecule has 0 fully saturated rings. The smallest absolute Gasteiger partial charge is 0.225 e. The fourth-order valence-electron chi connectivity index (χ4n) is 3.55. The zero-order chi connectivity index (χ0) is 20.1. The maximum absolute atomic E-state index is 12.5. The monoisotopic (exact) mass is 385 g/mol. The third kappa shape index (κ3) is 3.86. The molecule has 3 rings (SSSR count). The summed E-state index contributed by atoms with van der Waals surface area (Å²) >= 11 is 0. The second-order valence-electron chi connectivity index (χ2n) is 6.37. The van der Waals surface area contributed by atoms with Crippen molar-refractivity contribution in [2.24, 2.45) is 0 Å². The molecule has 0 radical (unpaired) electrons. The zero-order valence-corrected chi connectivity index (χ0v) is 16.8. The predicted molar refractivity (Wildman–Crippen MR) is 108 cm³/mol. The molecule has 1 N–H and O–H groups in total. The quantitative estimate of drug-likeness (QED) is 0.731. The van der Waals surface area contributed by atoms with Gasteiger partial charge >= 0.3 is 0 Å². The molecule has 0 spiro atoms. The molecule has 28 heavy (non-hydrogen) atoms. The Morgan fingerprint density at radius 3 is 2.25 bits per heavy atom. The van der Waals surface area contributed by atoms with E-state index in [0.29, 0.717) is 49.2 Å². The van der Waals surface area contributed by atoms with E-state index in [1.54, 1.807) is 7.11 Å². The number of carbonyl (C=O) groups excluding carboxylic acids is 1. The number of rotatable bonds is 8. The third-order valence-corrected chi connectivity index (χ3v) is 4.65. The van der Waals surface area contributed by atoms with Crippen LogP contribution >= 0.6 is 0 Å². The number of para-hydroxylation sites is 1. The van der Waals surface area contributed by atoms with E-state index in [-0.39, 0.29) is 11.8 Å². The minimum Gasteiger partial charge on any atom is -0.493 e. The molecule has 0 aromatic heterocycles. The third-order valence-electron chi connectivity index (χ3n) is 4.65. The Morgan fingerprint density at radius 1 is 0.929 bits per heavy atom. The Bertz CT molecular complexity index is 849. The van der Waals surface area contributed by atoms with Gasteiger partial charge in [-0.1, -0.05) is 12.1 Å². The van der Waals surface area contributed by atoms with Crippen LogP contribution in [0.25, 0.3) is 0 Å². The van der Waals surface area contributed by atoms with Crippen molar-refractivity contribution >= 4 is 11.6 Å². The molecule has 1 atom stereocenters. The summed E-state index contributed by atoms with van der Waals surface area (Å²) in [7, 11) is 1.62. The Morgan fingerprint density at radius 2 is 1.61 bits per heavy atom. The number of carbonyl (C=O) groups is 1. The normalized spacial score (nSPS) is 15.4. The highest BCUT2D eigenvalue weighted by Crippen LogP contribution is 2.47. The number of methoxy groups -OCH3 is 1. The average Bonchev–Trinajstić information content (AvgIpc) is 2.69. The van der Waals surface area contributed by atoms with Gasteiger partial charge in [0.1, 0.15) is 0 Å². The van der Waals surface area contributed by atoms with Crippen molar-refractivity contribution in [3.05, 3.63) is 41.5 Å². The van der Waals surface area contributed by atoms with Gasteiger partial charge in [0.25, 0.3) is 0 Å². The van der Waals surface area contributed by atoms with Gasteiger partial charge in [0.2, 0.25) is 5.91 Å². The number of hydrogen-bond donors (Lipinski definition) is 1. The van der Waals surface area contributed by atoms with Gasteiger partial charge in [0.15, 0.2) is 23.0 Å². The van der Waals surface area contributed by atoms with E-state index in [0.717, 1.165) is 16.8 Å². The van der Waals surface area contributed by atoms with Crippen molar-refractivity contribution in [3.63, 3.8) is 0 Å². The van der Waals surface area contributed by atoms with Gasteiger partial charge in [-0.2, -0.15) is 0 Å². The van der Waals surface area contributed by atoms with Crippen molar-refractivity contribution in [2.45, 2.75) is 33.1 Å². The first-order chi connectivity index (χ1) is 13.6. The Balaban J connectivity index is 2.15. The molecule has 2 aromatic rings. The van der Waals surface area contributed by atoms with Crippen molar-refractivity contribution in [1.82, 2.24) is 0 Å². The van der Waals surface area contributed by atoms with Crippen molar-refractivity contribution in [1.29, 1.82) is 0 Å². The van der Waals surface area contributed by atoms with Crippen LogP contribution < -0.4 is 24.3 Å². The van der Waals surface area contributed by atoms with Gasteiger partial charge in [-0.3, -0.25) is 4.79 Å². The molecule has 6 heteroatoms. The van der Waals surface area contributed by atoms with E-state index >= 15 is 0 Å². The summed E-state index contributed by atoms with van der Waals surface area (Å²) in [4.78, 5) is 12.5. The number of amides is 1. The first-order valence-corrected chi connectivity index (χ1v) is 9.65. The molecule has 1 heterocycles. The van der Waals surface area contributed by atoms with Crippen LogP contribution in [0.4, 0.5) is 5.69 Å². The van der Waals surface area contributed by atoms with Gasteiger partial charge in [-0.15, -0.1) is 0 Å². The molecule has 1 aliphatic rings. The standard InChI is InChI=1S/C22H27NO5/c1-5-26-19-11-16-15(12-21(24)23-17(16)13-20(19)27-6-2)14-9-8-10-18(25-4)22(14)28-7-3/h8-11,13,15H,5-7,12H2,1-4H3,(H,23,24)/t15-/m0/s1. The van der Waals surface area contributed by atoms with Crippen LogP contribution in [-0.4, -0.2) is 32.8 Å². The van der Waals surface area contributed by atoms with Crippen LogP contribution in [0.2, 0.25) is 0 Å². The van der Waals surface area contributed by atoms with Crippen molar-refractivity contribution in [2.75, 3.05) is 32.2 Å². The molecule has 0 unspecified atom stereocenters. The average molecular weight is 385 g/mol. The number of fused-ring (bicyclic) bond motifs is 1. The summed E-state index contributed by atoms with van der Waals surface area (Å²) in [6.07, 6.45) is 0.319. The van der Waals surface area contributed by atoms with E-state index < -0.39 is 0 Å². The molecule has 1 aliphatic heterocycles. The summed E-state index contributed by atoms with van der Waals surface area (Å²) in [6, 6.07) is 9.57. The van der Waals surface area contributed by atoms with Crippen LogP contribution in [0.1, 0.15) is 44.2 Å². The van der Waals surface area contributed by atoms with E-state index in [9.17, 15) is 4.79 Å². The lowest BCUT2D eigenvalue weighted by atomic mass is 9.84. The maximum Gasteiger partial charge on any atom is 0.225 e. The van der Waals surface area contributed by atoms with Crippen LogP contribution in [0, 0.1) is 0 Å². The predicted octanol–water partition coefficient (Wildman–Crippen LogP) is 4.37. The minimum atomic E-state index is -0.171. The van der Waals surface area contributed by atoms with Gasteiger partial charge in [-0.25, -0.2) is 0 Å². The summed E-state index contributed by atoms with van der Waals surface area (Å²) in [5.74, 6) is 2.40. The van der Waals surface area contributed by atoms with Crippen LogP contribution in [0.3, 0.4) is 0 Å². The highest BCUT2D eigenvalue weighted by molar-refractivity contribution is 5.96. The molecule has 0 bridgehead atoms. The molecule has 6 nitrogen and oxygen atoms in total. The Kier molecular flexibility index (Phi) is 6.29. The van der Waals surface area contributed by atoms with E-state index in [1.165, 1.54) is 0 Å². The summed E-state index contributed by atoms with van der Waals surface area (Å²) in [6.45, 7) is 7.33. The van der Waals surface area contributed by atoms with Gasteiger partial charge in [0.05, 0.1) is 26.9 Å². The lowest BCUT2D eigenvalue weighted by molar-refractivity contribution is -0.116. The van der Waals surface area contributed by atoms with E-state index in [2.05, 4.69) is 5.32 Å². The maximum atomic E-state index is 12.5. The zero-order valence-electron chi connectivity index (χ0n) is 16.8. The van der Waals surface area contributed by atoms with Gasteiger partial charge in [-0.05, 0) is 38.5 Å². The fraction of sp³-hybridized carbons (Fsp3) is 0.409. The fourth-order valence-corrected chi connectivity index (χ4v) is 3.55. The lowest BCUT2D eigenvalue weighted by Gasteiger charge is -2.29. The number of hydrogen-bond acceptors (Lipinski definition) is 5. The minimum absolute atomic E-state index is 0.0469. The SMILES string of the molecule is CCOc1cc2c(cc1OCC)[C@H](c1cccc(OC)c1OCC)CC(=O)N2. The highest BCUT2D eigenvalue weighted by Gasteiger charge is 2.31. The highest BCUT2D eigenvalue weighted by atomic mass is 16.5. The topological polar surface area (TPSA) is 66.0 Å². The van der Waals surface area contributed by atoms with E-state index in [1.807, 2.05) is 51.1 Å². The van der Waals surface area contributed by atoms with Crippen molar-refractivity contribution < 1.29 is 23.7 Å². The number of benzene rings is 2. The number of nitrogens with one attached hydrogen (secondary N) is 1. The number of ether oxygens (including phenoxy) is 4. The van der Waals surface area contributed by atoms with E-state index in [4.69, 9.17) is 18.9 Å². The Hall–Kier alpha value is -2.89. The molecule has 150 valence electrons. The molecular formula is C22H27NO5.